The van der Waals surface area contributed by atoms with Gasteiger partial charge < -0.3 is 15.0 Å². The summed E-state index contributed by atoms with van der Waals surface area (Å²) >= 11 is 0. The van der Waals surface area contributed by atoms with E-state index in [1.54, 1.807) is 6.07 Å². The molecule has 1 aliphatic heterocycles. The van der Waals surface area contributed by atoms with Crippen molar-refractivity contribution in [1.82, 2.24) is 10.2 Å². The summed E-state index contributed by atoms with van der Waals surface area (Å²) in [6, 6.07) is 22.3. The SMILES string of the molecule is CC1=C(C(=O)c2ccccc2)C(NC(=O)c2ccc(OC(C)C)cc2)(C(F)(F)F)C(=O)N1CCCc1ccccc1. The topological polar surface area (TPSA) is 75.7 Å². The van der Waals surface area contributed by atoms with E-state index < -0.39 is 34.9 Å². The molecule has 0 fully saturated rings. The highest BCUT2D eigenvalue weighted by Gasteiger charge is 2.70. The standard InChI is InChI=1S/C32H31F3N2O4/c1-21(2)41-26-18-16-25(17-19-26)29(39)36-31(32(33,34)35)27(28(38)24-14-8-5-9-15-24)22(3)37(30(31)40)20-10-13-23-11-6-4-7-12-23/h4-9,11-12,14-19,21H,10,13,20H2,1-3H3,(H,36,39). The first-order valence-electron chi connectivity index (χ1n) is 13.3. The van der Waals surface area contributed by atoms with Crippen molar-refractivity contribution in [3.63, 3.8) is 0 Å². The van der Waals surface area contributed by atoms with Crippen molar-refractivity contribution in [3.8, 4) is 5.75 Å². The Hall–Kier alpha value is -4.40. The monoisotopic (exact) mass is 564 g/mol. The lowest BCUT2D eigenvalue weighted by atomic mass is 9.84. The zero-order valence-electron chi connectivity index (χ0n) is 23.0. The Morgan fingerprint density at radius 1 is 0.902 bits per heavy atom. The van der Waals surface area contributed by atoms with Crippen molar-refractivity contribution in [1.29, 1.82) is 0 Å². The highest BCUT2D eigenvalue weighted by Crippen LogP contribution is 2.46. The summed E-state index contributed by atoms with van der Waals surface area (Å²) in [5.74, 6) is -3.12. The van der Waals surface area contributed by atoms with Crippen LogP contribution >= 0.6 is 0 Å². The minimum Gasteiger partial charge on any atom is -0.491 e. The van der Waals surface area contributed by atoms with Gasteiger partial charge in [-0.2, -0.15) is 13.2 Å². The van der Waals surface area contributed by atoms with E-state index in [1.807, 2.05) is 49.5 Å². The molecule has 1 aliphatic rings. The third-order valence-electron chi connectivity index (χ3n) is 6.88. The third kappa shape index (κ3) is 6.04. The molecule has 1 N–H and O–H groups in total. The van der Waals surface area contributed by atoms with Gasteiger partial charge in [-0.25, -0.2) is 0 Å². The second-order valence-electron chi connectivity index (χ2n) is 10.1. The molecule has 0 spiro atoms. The first-order chi connectivity index (χ1) is 19.5. The summed E-state index contributed by atoms with van der Waals surface area (Å²) in [5, 5.41) is 1.95. The Labute approximate surface area is 236 Å². The number of alkyl halides is 3. The molecule has 1 heterocycles. The largest absolute Gasteiger partial charge is 0.491 e. The molecule has 0 saturated carbocycles. The number of ether oxygens (including phenoxy) is 1. The molecule has 1 unspecified atom stereocenters. The smallest absolute Gasteiger partial charge is 0.425 e. The second kappa shape index (κ2) is 12.0. The zero-order chi connectivity index (χ0) is 29.8. The van der Waals surface area contributed by atoms with Crippen molar-refractivity contribution in [3.05, 3.63) is 113 Å². The number of nitrogens with one attached hydrogen (secondary N) is 1. The van der Waals surface area contributed by atoms with E-state index in [1.165, 1.54) is 55.5 Å². The summed E-state index contributed by atoms with van der Waals surface area (Å²) in [4.78, 5) is 41.7. The highest BCUT2D eigenvalue weighted by molar-refractivity contribution is 6.19. The molecular weight excluding hydrogens is 533 g/mol. The van der Waals surface area contributed by atoms with Crippen LogP contribution in [0.4, 0.5) is 13.2 Å². The van der Waals surface area contributed by atoms with Crippen LogP contribution in [0.3, 0.4) is 0 Å². The average molecular weight is 565 g/mol. The van der Waals surface area contributed by atoms with Crippen molar-refractivity contribution < 1.29 is 32.3 Å². The normalized spacial score (nSPS) is 17.2. The van der Waals surface area contributed by atoms with Crippen molar-refractivity contribution in [2.45, 2.75) is 51.4 Å². The number of rotatable bonds is 10. The minimum atomic E-state index is -5.32. The van der Waals surface area contributed by atoms with E-state index in [2.05, 4.69) is 0 Å². The van der Waals surface area contributed by atoms with Crippen LogP contribution in [0.5, 0.6) is 5.75 Å². The van der Waals surface area contributed by atoms with Gasteiger partial charge in [-0.1, -0.05) is 60.7 Å². The summed E-state index contributed by atoms with van der Waals surface area (Å²) in [5.41, 5.74) is -3.71. The number of carbonyl (C=O) groups is 3. The van der Waals surface area contributed by atoms with Crippen LogP contribution in [0.15, 0.2) is 96.2 Å². The molecule has 0 bridgehead atoms. The number of halogens is 3. The maximum atomic E-state index is 15.1. The van der Waals surface area contributed by atoms with Crippen molar-refractivity contribution in [2.24, 2.45) is 0 Å². The lowest BCUT2D eigenvalue weighted by Crippen LogP contribution is -2.66. The third-order valence-corrected chi connectivity index (χ3v) is 6.88. The Morgan fingerprint density at radius 3 is 2.05 bits per heavy atom. The fraction of sp³-hybridized carbons (Fsp3) is 0.281. The van der Waals surface area contributed by atoms with Crippen LogP contribution in [0.2, 0.25) is 0 Å². The Morgan fingerprint density at radius 2 is 1.49 bits per heavy atom. The van der Waals surface area contributed by atoms with E-state index in [4.69, 9.17) is 4.74 Å². The molecule has 214 valence electrons. The zero-order valence-corrected chi connectivity index (χ0v) is 23.0. The van der Waals surface area contributed by atoms with Crippen LogP contribution in [0.1, 0.15) is 53.5 Å². The highest BCUT2D eigenvalue weighted by atomic mass is 19.4. The van der Waals surface area contributed by atoms with E-state index in [0.717, 1.165) is 10.5 Å². The molecular formula is C32H31F3N2O4. The minimum absolute atomic E-state index is 0.0288. The number of aryl methyl sites for hydroxylation is 1. The quantitative estimate of drug-likeness (QED) is 0.301. The fourth-order valence-electron chi connectivity index (χ4n) is 4.94. The van der Waals surface area contributed by atoms with Gasteiger partial charge in [0.25, 0.3) is 11.8 Å². The number of Topliss-reactive ketones (excluding diaryl/α,β-unsaturated/α-hetero) is 1. The first-order valence-corrected chi connectivity index (χ1v) is 13.3. The number of hydrogen-bond donors (Lipinski definition) is 1. The Bertz CT molecular complexity index is 1440. The van der Waals surface area contributed by atoms with Gasteiger partial charge in [0.2, 0.25) is 5.54 Å². The van der Waals surface area contributed by atoms with Gasteiger partial charge in [0.05, 0.1) is 11.7 Å². The van der Waals surface area contributed by atoms with Gasteiger partial charge in [0.1, 0.15) is 5.75 Å². The van der Waals surface area contributed by atoms with Gasteiger partial charge in [-0.3, -0.25) is 14.4 Å². The predicted molar refractivity (Wildman–Crippen MR) is 148 cm³/mol. The lowest BCUT2D eigenvalue weighted by molar-refractivity contribution is -0.189. The number of nitrogens with zero attached hydrogens (tertiary/aromatic N) is 1. The average Bonchev–Trinajstić information content (AvgIpc) is 3.15. The van der Waals surface area contributed by atoms with Crippen LogP contribution in [0.25, 0.3) is 0 Å². The lowest BCUT2D eigenvalue weighted by Gasteiger charge is -2.33. The number of amides is 2. The van der Waals surface area contributed by atoms with Crippen molar-refractivity contribution >= 4 is 17.6 Å². The van der Waals surface area contributed by atoms with Crippen LogP contribution < -0.4 is 10.1 Å². The van der Waals surface area contributed by atoms with Crippen LogP contribution in [-0.4, -0.2) is 46.9 Å². The second-order valence-corrected chi connectivity index (χ2v) is 10.1. The van der Waals surface area contributed by atoms with Gasteiger partial charge in [-0.05, 0) is 63.4 Å². The molecule has 0 radical (unpaired) electrons. The summed E-state index contributed by atoms with van der Waals surface area (Å²) in [6.07, 6.45) is -4.61. The molecule has 3 aromatic carbocycles. The van der Waals surface area contributed by atoms with Crippen LogP contribution in [0, 0.1) is 0 Å². The van der Waals surface area contributed by atoms with E-state index >= 15 is 13.2 Å². The van der Waals surface area contributed by atoms with E-state index in [0.29, 0.717) is 18.6 Å². The van der Waals surface area contributed by atoms with Crippen molar-refractivity contribution in [2.75, 3.05) is 6.54 Å². The van der Waals surface area contributed by atoms with Crippen LogP contribution in [-0.2, 0) is 11.2 Å². The summed E-state index contributed by atoms with van der Waals surface area (Å²) in [6.45, 7) is 4.87. The molecule has 0 aromatic heterocycles. The number of ketones is 1. The van der Waals surface area contributed by atoms with Gasteiger partial charge in [0.15, 0.2) is 5.78 Å². The van der Waals surface area contributed by atoms with E-state index in [9.17, 15) is 14.4 Å². The molecule has 2 amide bonds. The molecule has 4 rings (SSSR count). The van der Waals surface area contributed by atoms with Gasteiger partial charge >= 0.3 is 6.18 Å². The first kappa shape index (κ1) is 29.6. The number of benzene rings is 3. The summed E-state index contributed by atoms with van der Waals surface area (Å²) in [7, 11) is 0. The predicted octanol–water partition coefficient (Wildman–Crippen LogP) is 6.14. The fourth-order valence-corrected chi connectivity index (χ4v) is 4.94. The maximum absolute atomic E-state index is 15.1. The van der Waals surface area contributed by atoms with Gasteiger partial charge in [0, 0.05) is 23.4 Å². The Kier molecular flexibility index (Phi) is 8.66. The molecule has 6 nitrogen and oxygen atoms in total. The molecule has 9 heteroatoms. The molecule has 3 aromatic rings. The summed E-state index contributed by atoms with van der Waals surface area (Å²) < 4.78 is 51.0. The number of allylic oxidation sites excluding steroid dienone is 1. The number of hydrogen-bond acceptors (Lipinski definition) is 4. The van der Waals surface area contributed by atoms with E-state index in [-0.39, 0.29) is 29.5 Å². The molecule has 1 atom stereocenters. The maximum Gasteiger partial charge on any atom is 0.425 e. The molecule has 0 aliphatic carbocycles. The number of carbonyl (C=O) groups excluding carboxylic acids is 3. The Balaban J connectivity index is 1.74. The molecule has 0 saturated heterocycles. The van der Waals surface area contributed by atoms with Gasteiger partial charge in [-0.15, -0.1) is 0 Å². The molecule has 41 heavy (non-hydrogen) atoms.